The molecule has 1 unspecified atom stereocenters. The first-order chi connectivity index (χ1) is 9.34. The summed E-state index contributed by atoms with van der Waals surface area (Å²) < 4.78 is 57.1. The maximum Gasteiger partial charge on any atom is 0.203 e. The van der Waals surface area contributed by atoms with Crippen LogP contribution in [-0.4, -0.2) is 23.9 Å². The minimum Gasteiger partial charge on any atom is -0.487 e. The zero-order chi connectivity index (χ0) is 15.3. The van der Waals surface area contributed by atoms with Crippen molar-refractivity contribution in [2.24, 2.45) is 5.73 Å². The van der Waals surface area contributed by atoms with Gasteiger partial charge in [0.25, 0.3) is 0 Å². The smallest absolute Gasteiger partial charge is 0.203 e. The Balaban J connectivity index is 2.63. The Morgan fingerprint density at radius 1 is 1.20 bits per heavy atom. The lowest BCUT2D eigenvalue weighted by Gasteiger charge is -2.25. The molecular weight excluding hydrogens is 278 g/mol. The third-order valence-electron chi connectivity index (χ3n) is 3.16. The Hall–Kier alpha value is -1.34. The standard InChI is InChI=1S/C13H17F4NO2/c1-2-13(18,7-19)4-3-5-20-12-10(16)8(14)6-9(15)11(12)17/h6,19H,2-5,7,18H2,1H3. The minimum atomic E-state index is -1.57. The first kappa shape index (κ1) is 16.7. The van der Waals surface area contributed by atoms with Crippen LogP contribution in [0.4, 0.5) is 17.6 Å². The molecule has 1 atom stereocenters. The SMILES string of the molecule is CCC(N)(CO)CCCOc1c(F)c(F)cc(F)c1F. The number of ether oxygens (including phenoxy) is 1. The number of aliphatic hydroxyl groups excluding tert-OH is 1. The molecule has 20 heavy (non-hydrogen) atoms. The Bertz CT molecular complexity index is 438. The van der Waals surface area contributed by atoms with Crippen molar-refractivity contribution in [1.29, 1.82) is 0 Å². The summed E-state index contributed by atoms with van der Waals surface area (Å²) in [5, 5.41) is 9.08. The molecule has 0 bridgehead atoms. The first-order valence-corrected chi connectivity index (χ1v) is 6.20. The van der Waals surface area contributed by atoms with Gasteiger partial charge in [0, 0.05) is 11.6 Å². The van der Waals surface area contributed by atoms with Crippen LogP contribution in [0.15, 0.2) is 6.07 Å². The quantitative estimate of drug-likeness (QED) is 0.461. The number of halogens is 4. The van der Waals surface area contributed by atoms with Crippen LogP contribution in [-0.2, 0) is 0 Å². The van der Waals surface area contributed by atoms with Crippen molar-refractivity contribution in [3.8, 4) is 5.75 Å². The van der Waals surface area contributed by atoms with Crippen molar-refractivity contribution in [3.05, 3.63) is 29.3 Å². The van der Waals surface area contributed by atoms with Gasteiger partial charge < -0.3 is 15.6 Å². The molecule has 0 spiro atoms. The normalized spacial score (nSPS) is 14.2. The first-order valence-electron chi connectivity index (χ1n) is 6.20. The van der Waals surface area contributed by atoms with Gasteiger partial charge in [-0.2, -0.15) is 8.78 Å². The highest BCUT2D eigenvalue weighted by Crippen LogP contribution is 2.26. The summed E-state index contributed by atoms with van der Waals surface area (Å²) in [6.07, 6.45) is 1.14. The monoisotopic (exact) mass is 295 g/mol. The van der Waals surface area contributed by atoms with E-state index in [1.165, 1.54) is 0 Å². The van der Waals surface area contributed by atoms with Gasteiger partial charge in [-0.15, -0.1) is 0 Å². The predicted molar refractivity (Wildman–Crippen MR) is 65.3 cm³/mol. The van der Waals surface area contributed by atoms with Gasteiger partial charge in [-0.3, -0.25) is 0 Å². The Morgan fingerprint density at radius 3 is 2.20 bits per heavy atom. The predicted octanol–water partition coefficient (Wildman–Crippen LogP) is 2.50. The van der Waals surface area contributed by atoms with Gasteiger partial charge in [0.2, 0.25) is 11.6 Å². The largest absolute Gasteiger partial charge is 0.487 e. The van der Waals surface area contributed by atoms with E-state index >= 15 is 0 Å². The highest BCUT2D eigenvalue weighted by atomic mass is 19.2. The second-order valence-electron chi connectivity index (χ2n) is 4.62. The van der Waals surface area contributed by atoms with E-state index in [0.717, 1.165) is 0 Å². The fourth-order valence-electron chi connectivity index (χ4n) is 1.64. The van der Waals surface area contributed by atoms with E-state index in [9.17, 15) is 17.6 Å². The summed E-state index contributed by atoms with van der Waals surface area (Å²) in [5.41, 5.74) is 5.01. The van der Waals surface area contributed by atoms with Crippen molar-refractivity contribution in [2.75, 3.05) is 13.2 Å². The lowest BCUT2D eigenvalue weighted by Crippen LogP contribution is -2.43. The molecule has 3 N–H and O–H groups in total. The van der Waals surface area contributed by atoms with E-state index < -0.39 is 34.6 Å². The van der Waals surface area contributed by atoms with Crippen LogP contribution >= 0.6 is 0 Å². The average Bonchev–Trinajstić information content (AvgIpc) is 2.44. The molecule has 0 aliphatic carbocycles. The molecular formula is C13H17F4NO2. The highest BCUT2D eigenvalue weighted by molar-refractivity contribution is 5.28. The fourth-order valence-corrected chi connectivity index (χ4v) is 1.64. The van der Waals surface area contributed by atoms with Crippen molar-refractivity contribution in [3.63, 3.8) is 0 Å². The maximum atomic E-state index is 13.3. The van der Waals surface area contributed by atoms with Gasteiger partial charge in [-0.25, -0.2) is 8.78 Å². The van der Waals surface area contributed by atoms with E-state index in [1.54, 1.807) is 6.92 Å². The lowest BCUT2D eigenvalue weighted by molar-refractivity contribution is 0.169. The fraction of sp³-hybridized carbons (Fsp3) is 0.538. The average molecular weight is 295 g/mol. The second kappa shape index (κ2) is 6.90. The number of benzene rings is 1. The number of nitrogens with two attached hydrogens (primary N) is 1. The molecule has 0 aliphatic rings. The molecule has 1 rings (SSSR count). The van der Waals surface area contributed by atoms with Crippen LogP contribution in [0.2, 0.25) is 0 Å². The number of hydrogen-bond acceptors (Lipinski definition) is 3. The van der Waals surface area contributed by atoms with Gasteiger partial charge in [0.15, 0.2) is 17.4 Å². The van der Waals surface area contributed by atoms with Crippen LogP contribution in [0.5, 0.6) is 5.75 Å². The molecule has 0 amide bonds. The van der Waals surface area contributed by atoms with Crippen molar-refractivity contribution < 1.29 is 27.4 Å². The maximum absolute atomic E-state index is 13.3. The van der Waals surface area contributed by atoms with E-state index in [2.05, 4.69) is 0 Å². The Morgan fingerprint density at radius 2 is 1.75 bits per heavy atom. The molecule has 1 aromatic carbocycles. The third kappa shape index (κ3) is 3.83. The number of hydrogen-bond donors (Lipinski definition) is 2. The summed E-state index contributed by atoms with van der Waals surface area (Å²) in [4.78, 5) is 0. The van der Waals surface area contributed by atoms with E-state index in [4.69, 9.17) is 15.6 Å². The molecule has 0 aromatic heterocycles. The minimum absolute atomic E-state index is 0.116. The van der Waals surface area contributed by atoms with Crippen LogP contribution in [0.25, 0.3) is 0 Å². The molecule has 0 aliphatic heterocycles. The van der Waals surface area contributed by atoms with E-state index in [1.807, 2.05) is 0 Å². The summed E-state index contributed by atoms with van der Waals surface area (Å²) >= 11 is 0. The Labute approximate surface area is 114 Å². The topological polar surface area (TPSA) is 55.5 Å². The molecule has 0 fully saturated rings. The van der Waals surface area contributed by atoms with Crippen LogP contribution in [0, 0.1) is 23.3 Å². The summed E-state index contributed by atoms with van der Waals surface area (Å²) in [7, 11) is 0. The van der Waals surface area contributed by atoms with Crippen molar-refractivity contribution in [2.45, 2.75) is 31.7 Å². The summed E-state index contributed by atoms with van der Waals surface area (Å²) in [5.74, 6) is -7.25. The van der Waals surface area contributed by atoms with Crippen LogP contribution in [0.3, 0.4) is 0 Å². The molecule has 1 aromatic rings. The zero-order valence-electron chi connectivity index (χ0n) is 11.1. The molecule has 7 heteroatoms. The van der Waals surface area contributed by atoms with Gasteiger partial charge in [0.05, 0.1) is 13.2 Å². The van der Waals surface area contributed by atoms with Gasteiger partial charge in [-0.05, 0) is 19.3 Å². The Kier molecular flexibility index (Phi) is 5.76. The molecule has 3 nitrogen and oxygen atoms in total. The van der Waals surface area contributed by atoms with Crippen molar-refractivity contribution >= 4 is 0 Å². The second-order valence-corrected chi connectivity index (χ2v) is 4.62. The third-order valence-corrected chi connectivity index (χ3v) is 3.16. The van der Waals surface area contributed by atoms with Gasteiger partial charge in [0.1, 0.15) is 0 Å². The molecule has 0 radical (unpaired) electrons. The van der Waals surface area contributed by atoms with E-state index in [0.29, 0.717) is 12.8 Å². The van der Waals surface area contributed by atoms with Crippen LogP contribution in [0.1, 0.15) is 26.2 Å². The van der Waals surface area contributed by atoms with Gasteiger partial charge in [-0.1, -0.05) is 6.92 Å². The number of rotatable bonds is 7. The lowest BCUT2D eigenvalue weighted by atomic mass is 9.93. The zero-order valence-corrected chi connectivity index (χ0v) is 11.1. The van der Waals surface area contributed by atoms with E-state index in [-0.39, 0.29) is 25.7 Å². The molecule has 0 heterocycles. The molecule has 114 valence electrons. The van der Waals surface area contributed by atoms with Crippen LogP contribution < -0.4 is 10.5 Å². The molecule has 0 saturated heterocycles. The highest BCUT2D eigenvalue weighted by Gasteiger charge is 2.23. The molecule has 0 saturated carbocycles. The number of aliphatic hydroxyl groups is 1. The summed E-state index contributed by atoms with van der Waals surface area (Å²) in [6.45, 7) is 1.38. The van der Waals surface area contributed by atoms with Gasteiger partial charge >= 0.3 is 0 Å². The van der Waals surface area contributed by atoms with Crippen molar-refractivity contribution in [1.82, 2.24) is 0 Å². The summed E-state index contributed by atoms with van der Waals surface area (Å²) in [6, 6.07) is 0.116.